The van der Waals surface area contributed by atoms with Gasteiger partial charge >= 0.3 is 0 Å². The van der Waals surface area contributed by atoms with Crippen LogP contribution in [0.25, 0.3) is 10.9 Å². The maximum atomic E-state index is 6.13. The van der Waals surface area contributed by atoms with E-state index in [2.05, 4.69) is 15.0 Å². The van der Waals surface area contributed by atoms with Crippen LogP contribution >= 0.6 is 23.2 Å². The van der Waals surface area contributed by atoms with Crippen molar-refractivity contribution < 1.29 is 4.74 Å². The fraction of sp³-hybridized carbons (Fsp3) is 0.0714. The molecule has 3 aromatic rings. The van der Waals surface area contributed by atoms with E-state index in [4.69, 9.17) is 27.9 Å². The Balaban J connectivity index is 2.00. The number of hydrogen-bond donors (Lipinski definition) is 0. The minimum atomic E-state index is 0.318. The molecule has 0 atom stereocenters. The lowest BCUT2D eigenvalue weighted by atomic mass is 10.2. The van der Waals surface area contributed by atoms with Crippen LogP contribution in [-0.4, -0.2) is 15.0 Å². The van der Waals surface area contributed by atoms with E-state index in [0.717, 1.165) is 5.39 Å². The molecule has 0 radical (unpaired) electrons. The molecular formula is C14H9Cl2N3O. The van der Waals surface area contributed by atoms with Gasteiger partial charge < -0.3 is 4.74 Å². The maximum absolute atomic E-state index is 6.13. The molecule has 2 aromatic heterocycles. The van der Waals surface area contributed by atoms with Crippen molar-refractivity contribution >= 4 is 34.1 Å². The molecule has 100 valence electrons. The van der Waals surface area contributed by atoms with Crippen LogP contribution < -0.4 is 4.74 Å². The highest BCUT2D eigenvalue weighted by Crippen LogP contribution is 2.31. The number of alkyl halides is 1. The van der Waals surface area contributed by atoms with Gasteiger partial charge in [-0.15, -0.1) is 11.6 Å². The molecule has 0 unspecified atom stereocenters. The Bertz CT molecular complexity index is 747. The van der Waals surface area contributed by atoms with Crippen LogP contribution in [0.5, 0.6) is 11.6 Å². The fourth-order valence-corrected chi connectivity index (χ4v) is 2.13. The molecule has 0 N–H and O–H groups in total. The van der Waals surface area contributed by atoms with Crippen LogP contribution in [0.15, 0.2) is 42.9 Å². The van der Waals surface area contributed by atoms with Gasteiger partial charge in [0.2, 0.25) is 5.88 Å². The van der Waals surface area contributed by atoms with E-state index in [1.54, 1.807) is 24.5 Å². The first-order valence-electron chi connectivity index (χ1n) is 5.86. The number of benzene rings is 1. The number of pyridine rings is 1. The first-order valence-corrected chi connectivity index (χ1v) is 6.77. The molecule has 0 aliphatic rings. The lowest BCUT2D eigenvalue weighted by Gasteiger charge is -2.08. The van der Waals surface area contributed by atoms with Crippen LogP contribution in [0.4, 0.5) is 0 Å². The third-order valence-electron chi connectivity index (χ3n) is 2.71. The second-order valence-electron chi connectivity index (χ2n) is 4.03. The van der Waals surface area contributed by atoms with E-state index in [9.17, 15) is 0 Å². The Morgan fingerprint density at radius 3 is 2.70 bits per heavy atom. The molecule has 6 heteroatoms. The lowest BCUT2D eigenvalue weighted by Crippen LogP contribution is -1.93. The smallest absolute Gasteiger partial charge is 0.237 e. The monoisotopic (exact) mass is 305 g/mol. The van der Waals surface area contributed by atoms with E-state index in [1.807, 2.05) is 12.1 Å². The zero-order valence-corrected chi connectivity index (χ0v) is 11.8. The van der Waals surface area contributed by atoms with Gasteiger partial charge in [-0.05, 0) is 24.3 Å². The number of ether oxygens (including phenoxy) is 1. The van der Waals surface area contributed by atoms with Gasteiger partial charge in [-0.2, -0.15) is 0 Å². The van der Waals surface area contributed by atoms with Gasteiger partial charge in [-0.1, -0.05) is 11.6 Å². The number of fused-ring (bicyclic) bond motifs is 1. The number of nitrogens with zero attached hydrogens (tertiary/aromatic N) is 3. The first-order chi connectivity index (χ1) is 9.78. The van der Waals surface area contributed by atoms with Crippen LogP contribution in [0.3, 0.4) is 0 Å². The first kappa shape index (κ1) is 13.1. The summed E-state index contributed by atoms with van der Waals surface area (Å²) in [5, 5.41) is 1.46. The maximum Gasteiger partial charge on any atom is 0.237 e. The average molecular weight is 306 g/mol. The summed E-state index contributed by atoms with van der Waals surface area (Å²) in [6.07, 6.45) is 4.79. The second kappa shape index (κ2) is 5.61. The lowest BCUT2D eigenvalue weighted by molar-refractivity contribution is 0.463. The molecule has 20 heavy (non-hydrogen) atoms. The van der Waals surface area contributed by atoms with Crippen molar-refractivity contribution in [2.75, 3.05) is 0 Å². The van der Waals surface area contributed by atoms with E-state index < -0.39 is 0 Å². The molecule has 0 fully saturated rings. The summed E-state index contributed by atoms with van der Waals surface area (Å²) in [6, 6.07) is 7.24. The Hall–Kier alpha value is -1.91. The number of aromatic nitrogens is 3. The number of halogens is 2. The SMILES string of the molecule is ClCc1cnc(Oc2ccc(Cl)c3cccnc23)cn1. The molecule has 0 amide bonds. The number of rotatable bonds is 3. The average Bonchev–Trinajstić information content (AvgIpc) is 2.51. The molecule has 0 aliphatic carbocycles. The van der Waals surface area contributed by atoms with Crippen molar-refractivity contribution in [3.05, 3.63) is 53.6 Å². The highest BCUT2D eigenvalue weighted by Gasteiger charge is 2.08. The Morgan fingerprint density at radius 2 is 1.95 bits per heavy atom. The summed E-state index contributed by atoms with van der Waals surface area (Å²) >= 11 is 11.8. The van der Waals surface area contributed by atoms with Crippen LogP contribution in [-0.2, 0) is 5.88 Å². The third-order valence-corrected chi connectivity index (χ3v) is 3.32. The van der Waals surface area contributed by atoms with E-state index in [1.165, 1.54) is 6.20 Å². The van der Waals surface area contributed by atoms with Gasteiger partial charge in [0, 0.05) is 11.6 Å². The molecule has 1 aromatic carbocycles. The van der Waals surface area contributed by atoms with E-state index in [-0.39, 0.29) is 0 Å². The fourth-order valence-electron chi connectivity index (χ4n) is 1.77. The molecule has 2 heterocycles. The van der Waals surface area contributed by atoms with Crippen molar-refractivity contribution in [1.29, 1.82) is 0 Å². The molecule has 0 aliphatic heterocycles. The van der Waals surface area contributed by atoms with Crippen LogP contribution in [0, 0.1) is 0 Å². The van der Waals surface area contributed by atoms with Crippen molar-refractivity contribution in [3.63, 3.8) is 0 Å². The van der Waals surface area contributed by atoms with Gasteiger partial charge in [-0.3, -0.25) is 9.97 Å². The van der Waals surface area contributed by atoms with Crippen molar-refractivity contribution in [3.8, 4) is 11.6 Å². The quantitative estimate of drug-likeness (QED) is 0.680. The van der Waals surface area contributed by atoms with Crippen molar-refractivity contribution in [2.24, 2.45) is 0 Å². The molecule has 0 saturated carbocycles. The van der Waals surface area contributed by atoms with E-state index >= 15 is 0 Å². The summed E-state index contributed by atoms with van der Waals surface area (Å²) in [5.74, 6) is 1.28. The Kier molecular flexibility index (Phi) is 3.67. The predicted octanol–water partition coefficient (Wildman–Crippen LogP) is 4.21. The minimum Gasteiger partial charge on any atom is -0.435 e. The van der Waals surface area contributed by atoms with Gasteiger partial charge in [0.25, 0.3) is 0 Å². The molecule has 0 spiro atoms. The molecule has 0 saturated heterocycles. The summed E-state index contributed by atoms with van der Waals surface area (Å²) in [5.41, 5.74) is 1.38. The van der Waals surface area contributed by atoms with Gasteiger partial charge in [0.05, 0.1) is 29.0 Å². The summed E-state index contributed by atoms with van der Waals surface area (Å²) in [7, 11) is 0. The second-order valence-corrected chi connectivity index (χ2v) is 4.70. The van der Waals surface area contributed by atoms with Crippen molar-refractivity contribution in [1.82, 2.24) is 15.0 Å². The molecule has 4 nitrogen and oxygen atoms in total. The normalized spacial score (nSPS) is 10.7. The molecule has 3 rings (SSSR count). The van der Waals surface area contributed by atoms with Gasteiger partial charge in [-0.25, -0.2) is 4.98 Å². The molecule has 0 bridgehead atoms. The van der Waals surface area contributed by atoms with Crippen LogP contribution in [0.2, 0.25) is 5.02 Å². The standard InChI is InChI=1S/C14H9Cl2N3O/c15-6-9-7-19-13(8-18-9)20-12-4-3-11(16)10-2-1-5-17-14(10)12/h1-5,7-8H,6H2. The van der Waals surface area contributed by atoms with Crippen molar-refractivity contribution in [2.45, 2.75) is 5.88 Å². The third kappa shape index (κ3) is 2.53. The Labute approximate surface area is 125 Å². The molecular weight excluding hydrogens is 297 g/mol. The highest BCUT2D eigenvalue weighted by atomic mass is 35.5. The Morgan fingerprint density at radius 1 is 1.05 bits per heavy atom. The largest absolute Gasteiger partial charge is 0.435 e. The van der Waals surface area contributed by atoms with Gasteiger partial charge in [0.15, 0.2) is 5.75 Å². The van der Waals surface area contributed by atoms with Crippen LogP contribution in [0.1, 0.15) is 5.69 Å². The summed E-state index contributed by atoms with van der Waals surface area (Å²) in [6.45, 7) is 0. The predicted molar refractivity (Wildman–Crippen MR) is 78.4 cm³/mol. The van der Waals surface area contributed by atoms with E-state index in [0.29, 0.717) is 33.7 Å². The van der Waals surface area contributed by atoms with Gasteiger partial charge in [0.1, 0.15) is 5.52 Å². The zero-order valence-electron chi connectivity index (χ0n) is 10.3. The summed E-state index contributed by atoms with van der Waals surface area (Å²) in [4.78, 5) is 12.6. The highest BCUT2D eigenvalue weighted by molar-refractivity contribution is 6.35. The number of hydrogen-bond acceptors (Lipinski definition) is 4. The topological polar surface area (TPSA) is 47.9 Å². The zero-order chi connectivity index (χ0) is 13.9. The summed E-state index contributed by atoms with van der Waals surface area (Å²) < 4.78 is 5.71. The minimum absolute atomic E-state index is 0.318.